The molecule has 0 heterocycles. The summed E-state index contributed by atoms with van der Waals surface area (Å²) in [6.07, 6.45) is 2.79. The van der Waals surface area contributed by atoms with Gasteiger partial charge in [0.2, 0.25) is 0 Å². The summed E-state index contributed by atoms with van der Waals surface area (Å²) in [5, 5.41) is 3.16. The third-order valence-electron chi connectivity index (χ3n) is 1.79. The van der Waals surface area contributed by atoms with Gasteiger partial charge in [-0.25, -0.2) is 0 Å². The van der Waals surface area contributed by atoms with Crippen LogP contribution in [0.5, 0.6) is 0 Å². The van der Waals surface area contributed by atoms with E-state index >= 15 is 0 Å². The SMILES string of the molecule is C=CNC(C)Cc1ccccc1. The second kappa shape index (κ2) is 4.60. The van der Waals surface area contributed by atoms with Crippen molar-refractivity contribution in [3.05, 3.63) is 48.7 Å². The lowest BCUT2D eigenvalue weighted by Gasteiger charge is -2.10. The average Bonchev–Trinajstić information content (AvgIpc) is 2.06. The van der Waals surface area contributed by atoms with Gasteiger partial charge in [0.1, 0.15) is 0 Å². The van der Waals surface area contributed by atoms with Crippen LogP contribution in [-0.4, -0.2) is 6.04 Å². The molecule has 0 aliphatic carbocycles. The summed E-state index contributed by atoms with van der Waals surface area (Å²) in [5.74, 6) is 0. The predicted octanol–water partition coefficient (Wildman–Crippen LogP) is 2.35. The van der Waals surface area contributed by atoms with E-state index in [0.29, 0.717) is 6.04 Å². The second-order valence-corrected chi connectivity index (χ2v) is 2.96. The van der Waals surface area contributed by atoms with E-state index in [2.05, 4.69) is 43.1 Å². The smallest absolute Gasteiger partial charge is 0.0267 e. The normalized spacial score (nSPS) is 12.1. The molecule has 12 heavy (non-hydrogen) atoms. The molecule has 0 bridgehead atoms. The van der Waals surface area contributed by atoms with Crippen molar-refractivity contribution in [3.8, 4) is 0 Å². The zero-order valence-electron chi connectivity index (χ0n) is 7.46. The van der Waals surface area contributed by atoms with Crippen molar-refractivity contribution in [3.63, 3.8) is 0 Å². The van der Waals surface area contributed by atoms with E-state index in [1.807, 2.05) is 6.07 Å². The fraction of sp³-hybridized carbons (Fsp3) is 0.273. The largest absolute Gasteiger partial charge is 0.389 e. The molecule has 1 atom stereocenters. The van der Waals surface area contributed by atoms with Gasteiger partial charge in [0.05, 0.1) is 0 Å². The van der Waals surface area contributed by atoms with Gasteiger partial charge in [-0.15, -0.1) is 0 Å². The van der Waals surface area contributed by atoms with Gasteiger partial charge in [-0.05, 0) is 25.1 Å². The van der Waals surface area contributed by atoms with Crippen LogP contribution >= 0.6 is 0 Å². The maximum Gasteiger partial charge on any atom is 0.0267 e. The van der Waals surface area contributed by atoms with E-state index in [-0.39, 0.29) is 0 Å². The molecule has 0 spiro atoms. The molecule has 0 saturated heterocycles. The van der Waals surface area contributed by atoms with Crippen molar-refractivity contribution in [2.45, 2.75) is 19.4 Å². The first kappa shape index (κ1) is 8.85. The summed E-state index contributed by atoms with van der Waals surface area (Å²) in [5.41, 5.74) is 1.36. The van der Waals surface area contributed by atoms with Crippen molar-refractivity contribution in [1.29, 1.82) is 0 Å². The van der Waals surface area contributed by atoms with Crippen molar-refractivity contribution < 1.29 is 0 Å². The van der Waals surface area contributed by atoms with Gasteiger partial charge in [-0.2, -0.15) is 0 Å². The lowest BCUT2D eigenvalue weighted by molar-refractivity contribution is 0.637. The molecule has 0 aliphatic rings. The van der Waals surface area contributed by atoms with Crippen molar-refractivity contribution in [1.82, 2.24) is 5.32 Å². The van der Waals surface area contributed by atoms with Gasteiger partial charge in [-0.3, -0.25) is 0 Å². The van der Waals surface area contributed by atoms with Gasteiger partial charge in [0, 0.05) is 6.04 Å². The number of rotatable bonds is 4. The topological polar surface area (TPSA) is 12.0 Å². The maximum atomic E-state index is 3.63. The first-order valence-corrected chi connectivity index (χ1v) is 4.24. The van der Waals surface area contributed by atoms with Crippen LogP contribution in [0.15, 0.2) is 43.1 Å². The molecule has 1 nitrogen and oxygen atoms in total. The fourth-order valence-corrected chi connectivity index (χ4v) is 1.23. The Morgan fingerprint density at radius 1 is 1.42 bits per heavy atom. The molecule has 0 aliphatic heterocycles. The molecule has 64 valence electrons. The summed E-state index contributed by atoms with van der Waals surface area (Å²) in [7, 11) is 0. The molecule has 0 fully saturated rings. The monoisotopic (exact) mass is 161 g/mol. The van der Waals surface area contributed by atoms with Crippen LogP contribution in [0.2, 0.25) is 0 Å². The highest BCUT2D eigenvalue weighted by atomic mass is 14.9. The first-order valence-electron chi connectivity index (χ1n) is 4.24. The highest BCUT2D eigenvalue weighted by molar-refractivity contribution is 5.15. The molecule has 1 aromatic rings. The molecule has 0 amide bonds. The van der Waals surface area contributed by atoms with E-state index in [1.54, 1.807) is 6.20 Å². The number of nitrogens with one attached hydrogen (secondary N) is 1. The van der Waals surface area contributed by atoms with Gasteiger partial charge < -0.3 is 5.32 Å². The van der Waals surface area contributed by atoms with Crippen LogP contribution in [0.3, 0.4) is 0 Å². The quantitative estimate of drug-likeness (QED) is 0.714. The van der Waals surface area contributed by atoms with Crippen molar-refractivity contribution in [2.75, 3.05) is 0 Å². The Morgan fingerprint density at radius 2 is 2.08 bits per heavy atom. The lowest BCUT2D eigenvalue weighted by Crippen LogP contribution is -2.22. The Bertz CT molecular complexity index is 228. The lowest BCUT2D eigenvalue weighted by atomic mass is 10.1. The number of hydrogen-bond acceptors (Lipinski definition) is 1. The van der Waals surface area contributed by atoms with E-state index in [9.17, 15) is 0 Å². The zero-order chi connectivity index (χ0) is 8.81. The summed E-state index contributed by atoms with van der Waals surface area (Å²) in [6.45, 7) is 5.78. The summed E-state index contributed by atoms with van der Waals surface area (Å²) < 4.78 is 0. The minimum Gasteiger partial charge on any atom is -0.389 e. The highest BCUT2D eigenvalue weighted by Crippen LogP contribution is 2.02. The van der Waals surface area contributed by atoms with Crippen LogP contribution in [0, 0.1) is 0 Å². The van der Waals surface area contributed by atoms with E-state index in [0.717, 1.165) is 6.42 Å². The summed E-state index contributed by atoms with van der Waals surface area (Å²) in [4.78, 5) is 0. The molecule has 1 N–H and O–H groups in total. The Kier molecular flexibility index (Phi) is 3.39. The van der Waals surface area contributed by atoms with Crippen molar-refractivity contribution in [2.24, 2.45) is 0 Å². The molecule has 0 aromatic heterocycles. The molecule has 0 saturated carbocycles. The van der Waals surface area contributed by atoms with Crippen LogP contribution < -0.4 is 5.32 Å². The Hall–Kier alpha value is -1.24. The molecular formula is C11H15N. The highest BCUT2D eigenvalue weighted by Gasteiger charge is 1.98. The summed E-state index contributed by atoms with van der Waals surface area (Å²) >= 11 is 0. The third-order valence-corrected chi connectivity index (χ3v) is 1.79. The minimum atomic E-state index is 0.463. The van der Waals surface area contributed by atoms with Crippen LogP contribution in [0.4, 0.5) is 0 Å². The van der Waals surface area contributed by atoms with Crippen LogP contribution in [-0.2, 0) is 6.42 Å². The molecule has 0 radical (unpaired) electrons. The van der Waals surface area contributed by atoms with Gasteiger partial charge in [-0.1, -0.05) is 36.9 Å². The Morgan fingerprint density at radius 3 is 2.67 bits per heavy atom. The van der Waals surface area contributed by atoms with Crippen LogP contribution in [0.25, 0.3) is 0 Å². The number of hydrogen-bond donors (Lipinski definition) is 1. The molecule has 1 aromatic carbocycles. The van der Waals surface area contributed by atoms with Crippen LogP contribution in [0.1, 0.15) is 12.5 Å². The minimum absolute atomic E-state index is 0.463. The maximum absolute atomic E-state index is 3.63. The molecule has 1 rings (SSSR count). The third kappa shape index (κ3) is 2.79. The van der Waals surface area contributed by atoms with Crippen molar-refractivity contribution >= 4 is 0 Å². The first-order chi connectivity index (χ1) is 5.83. The zero-order valence-corrected chi connectivity index (χ0v) is 7.46. The number of benzene rings is 1. The Balaban J connectivity index is 2.46. The van der Waals surface area contributed by atoms with Gasteiger partial charge in [0.15, 0.2) is 0 Å². The van der Waals surface area contributed by atoms with Gasteiger partial charge >= 0.3 is 0 Å². The summed E-state index contributed by atoms with van der Waals surface area (Å²) in [6, 6.07) is 10.9. The molecule has 1 heteroatoms. The second-order valence-electron chi connectivity index (χ2n) is 2.96. The van der Waals surface area contributed by atoms with E-state index in [4.69, 9.17) is 0 Å². The van der Waals surface area contributed by atoms with E-state index < -0.39 is 0 Å². The molecule has 1 unspecified atom stereocenters. The standard InChI is InChI=1S/C11H15N/c1-3-12-10(2)9-11-7-5-4-6-8-11/h3-8,10,12H,1,9H2,2H3. The average molecular weight is 161 g/mol. The Labute approximate surface area is 74.1 Å². The predicted molar refractivity (Wildman–Crippen MR) is 52.9 cm³/mol. The fourth-order valence-electron chi connectivity index (χ4n) is 1.23. The van der Waals surface area contributed by atoms with Gasteiger partial charge in [0.25, 0.3) is 0 Å². The van der Waals surface area contributed by atoms with E-state index in [1.165, 1.54) is 5.56 Å². The molecular weight excluding hydrogens is 146 g/mol.